The number of aliphatic imine (C=N–C) groups is 1. The van der Waals surface area contributed by atoms with Gasteiger partial charge in [-0.05, 0) is 45.2 Å². The Kier molecular flexibility index (Phi) is 9.94. The van der Waals surface area contributed by atoms with Crippen molar-refractivity contribution in [2.24, 2.45) is 4.99 Å². The van der Waals surface area contributed by atoms with E-state index in [2.05, 4.69) is 70.6 Å². The van der Waals surface area contributed by atoms with Gasteiger partial charge in [-0.1, -0.05) is 18.2 Å². The van der Waals surface area contributed by atoms with Crippen LogP contribution in [-0.2, 0) is 4.79 Å². The first-order valence-corrected chi connectivity index (χ1v) is 11.1. The molecule has 7 heteroatoms. The van der Waals surface area contributed by atoms with Crippen LogP contribution in [0.25, 0.3) is 0 Å². The van der Waals surface area contributed by atoms with Crippen molar-refractivity contribution in [2.45, 2.75) is 45.2 Å². The molecule has 1 heterocycles. The molecule has 0 spiro atoms. The minimum absolute atomic E-state index is 0.00883. The highest BCUT2D eigenvalue weighted by molar-refractivity contribution is 5.84. The Labute approximate surface area is 182 Å². The van der Waals surface area contributed by atoms with E-state index in [1.807, 2.05) is 6.07 Å². The number of likely N-dealkylation sites (tertiary alicyclic amines) is 1. The Morgan fingerprint density at radius 2 is 1.83 bits per heavy atom. The largest absolute Gasteiger partial charge is 0.375 e. The molecule has 2 rings (SSSR count). The zero-order valence-corrected chi connectivity index (χ0v) is 19.4. The zero-order chi connectivity index (χ0) is 21.9. The number of piperidine rings is 1. The number of nitrogens with zero attached hydrogens (tertiary/aromatic N) is 4. The monoisotopic (exact) mass is 416 g/mol. The van der Waals surface area contributed by atoms with Crippen molar-refractivity contribution in [1.29, 1.82) is 0 Å². The van der Waals surface area contributed by atoms with Gasteiger partial charge in [-0.3, -0.25) is 4.79 Å². The van der Waals surface area contributed by atoms with Crippen LogP contribution in [0.5, 0.6) is 0 Å². The number of carbonyl (C=O) groups is 1. The number of para-hydroxylation sites is 1. The number of rotatable bonds is 9. The maximum absolute atomic E-state index is 12.0. The molecule has 1 aliphatic rings. The maximum Gasteiger partial charge on any atom is 0.243 e. The summed E-state index contributed by atoms with van der Waals surface area (Å²) in [4.78, 5) is 22.9. The molecule has 0 aliphatic carbocycles. The number of carbonyl (C=O) groups excluding carboxylic acids is 1. The summed E-state index contributed by atoms with van der Waals surface area (Å²) in [6.45, 7) is 8.63. The van der Waals surface area contributed by atoms with E-state index in [1.54, 1.807) is 19.0 Å². The van der Waals surface area contributed by atoms with Crippen molar-refractivity contribution in [1.82, 2.24) is 20.4 Å². The highest BCUT2D eigenvalue weighted by Gasteiger charge is 2.21. The maximum atomic E-state index is 12.0. The lowest BCUT2D eigenvalue weighted by Crippen LogP contribution is -2.50. The van der Waals surface area contributed by atoms with Gasteiger partial charge >= 0.3 is 0 Å². The SMILES string of the molecule is CC(C)N1CCC(NC(=NCC(=O)N(C)C)NCCCN(C)c2ccccc2)CC1. The lowest BCUT2D eigenvalue weighted by molar-refractivity contribution is -0.127. The molecule has 0 bridgehead atoms. The van der Waals surface area contributed by atoms with E-state index < -0.39 is 0 Å². The standard InChI is InChI=1S/C23H40N6O/c1-19(2)29-16-12-20(13-17-29)26-23(25-18-22(30)27(3)4)24-14-9-15-28(5)21-10-7-6-8-11-21/h6-8,10-11,19-20H,9,12-18H2,1-5H3,(H2,24,25,26). The Hall–Kier alpha value is -2.28. The van der Waals surface area contributed by atoms with Crippen LogP contribution < -0.4 is 15.5 Å². The molecular formula is C23H40N6O. The molecule has 1 aromatic rings. The molecule has 7 nitrogen and oxygen atoms in total. The van der Waals surface area contributed by atoms with E-state index >= 15 is 0 Å². The first-order valence-electron chi connectivity index (χ1n) is 11.1. The first-order chi connectivity index (χ1) is 14.4. The van der Waals surface area contributed by atoms with Crippen LogP contribution >= 0.6 is 0 Å². The molecule has 1 aromatic carbocycles. The van der Waals surface area contributed by atoms with Gasteiger partial charge < -0.3 is 25.3 Å². The zero-order valence-electron chi connectivity index (χ0n) is 19.4. The normalized spacial score (nSPS) is 15.9. The van der Waals surface area contributed by atoms with Gasteiger partial charge in [-0.2, -0.15) is 0 Å². The fraction of sp³-hybridized carbons (Fsp3) is 0.652. The quantitative estimate of drug-likeness (QED) is 0.366. The molecule has 0 aromatic heterocycles. The number of hydrogen-bond acceptors (Lipinski definition) is 4. The van der Waals surface area contributed by atoms with Gasteiger partial charge in [0, 0.05) is 65.1 Å². The molecular weight excluding hydrogens is 376 g/mol. The lowest BCUT2D eigenvalue weighted by Gasteiger charge is -2.35. The van der Waals surface area contributed by atoms with Gasteiger partial charge in [0.25, 0.3) is 0 Å². The number of nitrogens with one attached hydrogen (secondary N) is 2. The van der Waals surface area contributed by atoms with E-state index in [0.717, 1.165) is 51.4 Å². The smallest absolute Gasteiger partial charge is 0.243 e. The van der Waals surface area contributed by atoms with E-state index in [1.165, 1.54) is 5.69 Å². The summed E-state index contributed by atoms with van der Waals surface area (Å²) in [6.07, 6.45) is 3.17. The van der Waals surface area contributed by atoms with Crippen molar-refractivity contribution in [3.8, 4) is 0 Å². The average Bonchev–Trinajstić information content (AvgIpc) is 2.75. The topological polar surface area (TPSA) is 63.2 Å². The van der Waals surface area contributed by atoms with Crippen LogP contribution in [0.1, 0.15) is 33.1 Å². The second-order valence-corrected chi connectivity index (χ2v) is 8.54. The Balaban J connectivity index is 1.83. The number of benzene rings is 1. The summed E-state index contributed by atoms with van der Waals surface area (Å²) in [5.41, 5.74) is 1.22. The Morgan fingerprint density at radius 1 is 1.17 bits per heavy atom. The highest BCUT2D eigenvalue weighted by atomic mass is 16.2. The van der Waals surface area contributed by atoms with Gasteiger partial charge in [0.2, 0.25) is 5.91 Å². The second kappa shape index (κ2) is 12.4. The van der Waals surface area contributed by atoms with Crippen molar-refractivity contribution >= 4 is 17.6 Å². The van der Waals surface area contributed by atoms with Crippen LogP contribution in [0.4, 0.5) is 5.69 Å². The third-order valence-corrected chi connectivity index (χ3v) is 5.63. The summed E-state index contributed by atoms with van der Waals surface area (Å²) in [5, 5.41) is 6.99. The molecule has 2 N–H and O–H groups in total. The molecule has 0 unspecified atom stereocenters. The fourth-order valence-electron chi connectivity index (χ4n) is 3.53. The van der Waals surface area contributed by atoms with Crippen molar-refractivity contribution < 1.29 is 4.79 Å². The second-order valence-electron chi connectivity index (χ2n) is 8.54. The fourth-order valence-corrected chi connectivity index (χ4v) is 3.53. The molecule has 1 aliphatic heterocycles. The van der Waals surface area contributed by atoms with Crippen molar-refractivity contribution in [3.63, 3.8) is 0 Å². The van der Waals surface area contributed by atoms with E-state index in [0.29, 0.717) is 12.1 Å². The predicted molar refractivity (Wildman–Crippen MR) is 126 cm³/mol. The Bertz CT molecular complexity index is 653. The minimum Gasteiger partial charge on any atom is -0.375 e. The molecule has 0 atom stereocenters. The number of amides is 1. The van der Waals surface area contributed by atoms with Crippen LogP contribution in [0, 0.1) is 0 Å². The van der Waals surface area contributed by atoms with Crippen LogP contribution in [0.3, 0.4) is 0 Å². The molecule has 30 heavy (non-hydrogen) atoms. The number of hydrogen-bond donors (Lipinski definition) is 2. The third kappa shape index (κ3) is 8.22. The summed E-state index contributed by atoms with van der Waals surface area (Å²) in [5.74, 6) is 0.755. The molecule has 1 fully saturated rings. The van der Waals surface area contributed by atoms with Gasteiger partial charge in [0.1, 0.15) is 6.54 Å². The van der Waals surface area contributed by atoms with Crippen LogP contribution in [-0.4, -0.2) is 87.6 Å². The lowest BCUT2D eigenvalue weighted by atomic mass is 10.0. The third-order valence-electron chi connectivity index (χ3n) is 5.63. The number of anilines is 1. The molecule has 1 amide bonds. The van der Waals surface area contributed by atoms with E-state index in [9.17, 15) is 4.79 Å². The number of guanidine groups is 1. The predicted octanol–water partition coefficient (Wildman–Crippen LogP) is 2.01. The summed E-state index contributed by atoms with van der Waals surface area (Å²) < 4.78 is 0. The molecule has 0 saturated carbocycles. The minimum atomic E-state index is 0.00883. The van der Waals surface area contributed by atoms with Crippen LogP contribution in [0.2, 0.25) is 0 Å². The van der Waals surface area contributed by atoms with Crippen molar-refractivity contribution in [3.05, 3.63) is 30.3 Å². The molecule has 168 valence electrons. The van der Waals surface area contributed by atoms with Gasteiger partial charge in [0.15, 0.2) is 5.96 Å². The van der Waals surface area contributed by atoms with E-state index in [4.69, 9.17) is 0 Å². The van der Waals surface area contributed by atoms with Gasteiger partial charge in [0.05, 0.1) is 0 Å². The summed E-state index contributed by atoms with van der Waals surface area (Å²) in [7, 11) is 5.64. The molecule has 0 radical (unpaired) electrons. The first kappa shape index (κ1) is 24.0. The molecule has 1 saturated heterocycles. The van der Waals surface area contributed by atoms with Gasteiger partial charge in [-0.25, -0.2) is 4.99 Å². The summed E-state index contributed by atoms with van der Waals surface area (Å²) >= 11 is 0. The number of likely N-dealkylation sites (N-methyl/N-ethyl adjacent to an activating group) is 1. The average molecular weight is 417 g/mol. The summed E-state index contributed by atoms with van der Waals surface area (Å²) in [6, 6.07) is 11.4. The van der Waals surface area contributed by atoms with Crippen LogP contribution in [0.15, 0.2) is 35.3 Å². The highest BCUT2D eigenvalue weighted by Crippen LogP contribution is 2.13. The van der Waals surface area contributed by atoms with Crippen molar-refractivity contribution in [2.75, 3.05) is 58.8 Å². The Morgan fingerprint density at radius 3 is 2.43 bits per heavy atom. The van der Waals surface area contributed by atoms with E-state index in [-0.39, 0.29) is 12.5 Å². The van der Waals surface area contributed by atoms with Gasteiger partial charge in [-0.15, -0.1) is 0 Å².